The maximum Gasteiger partial charge on any atom is 0.228 e. The van der Waals surface area contributed by atoms with Crippen LogP contribution in [0.5, 0.6) is 0 Å². The number of thiophene rings is 1. The van der Waals surface area contributed by atoms with Crippen LogP contribution in [0.1, 0.15) is 37.0 Å². The van der Waals surface area contributed by atoms with Crippen LogP contribution in [0.3, 0.4) is 0 Å². The number of rotatable bonds is 6. The van der Waals surface area contributed by atoms with Crippen molar-refractivity contribution in [3.05, 3.63) is 22.4 Å². The van der Waals surface area contributed by atoms with Gasteiger partial charge in [0, 0.05) is 17.8 Å². The molecule has 2 aliphatic heterocycles. The van der Waals surface area contributed by atoms with E-state index >= 15 is 0 Å². The Kier molecular flexibility index (Phi) is 5.45. The summed E-state index contributed by atoms with van der Waals surface area (Å²) in [5.74, 6) is 0.0631. The predicted molar refractivity (Wildman–Crippen MR) is 102 cm³/mol. The van der Waals surface area contributed by atoms with E-state index in [1.54, 1.807) is 11.3 Å². The largest absolute Gasteiger partial charge is 0.395 e. The maximum atomic E-state index is 13.0. The molecule has 1 aromatic rings. The molecule has 1 aliphatic carbocycles. The van der Waals surface area contributed by atoms with Crippen molar-refractivity contribution in [3.8, 4) is 0 Å². The minimum atomic E-state index is -0.259. The van der Waals surface area contributed by atoms with E-state index in [1.807, 2.05) is 22.4 Å². The lowest BCUT2D eigenvalue weighted by molar-refractivity contribution is -0.172. The van der Waals surface area contributed by atoms with Crippen molar-refractivity contribution in [3.63, 3.8) is 0 Å². The predicted octanol–water partition coefficient (Wildman–Crippen LogP) is 1.72. The second-order valence-corrected chi connectivity index (χ2v) is 8.53. The minimum Gasteiger partial charge on any atom is -0.395 e. The maximum absolute atomic E-state index is 13.0. The van der Waals surface area contributed by atoms with Gasteiger partial charge < -0.3 is 19.8 Å². The van der Waals surface area contributed by atoms with Crippen molar-refractivity contribution in [1.82, 2.24) is 10.2 Å². The monoisotopic (exact) mass is 391 g/mol. The second kappa shape index (κ2) is 7.98. The summed E-state index contributed by atoms with van der Waals surface area (Å²) < 4.78 is 5.99. The lowest BCUT2D eigenvalue weighted by atomic mass is 9.74. The molecule has 1 saturated carbocycles. The van der Waals surface area contributed by atoms with Gasteiger partial charge in [-0.2, -0.15) is 0 Å². The molecule has 3 aliphatic rings. The Morgan fingerprint density at radius 3 is 2.96 bits per heavy atom. The van der Waals surface area contributed by atoms with E-state index in [-0.39, 0.29) is 29.9 Å². The highest BCUT2D eigenvalue weighted by Crippen LogP contribution is 2.41. The van der Waals surface area contributed by atoms with Gasteiger partial charge in [-0.05, 0) is 30.7 Å². The van der Waals surface area contributed by atoms with E-state index in [0.29, 0.717) is 32.7 Å². The first kappa shape index (κ1) is 18.4. The van der Waals surface area contributed by atoms with Crippen LogP contribution in [-0.2, 0) is 25.6 Å². The molecule has 0 aromatic carbocycles. The first-order chi connectivity index (χ1) is 13.1. The Hall–Kier alpha value is -1.93. The number of ether oxygens (including phenoxy) is 1. The SMILES string of the molecule is O=C(CC1CN(C(=O)Cc2cccs2)C2(CCC2)CO1)NCC1=NOCC1. The van der Waals surface area contributed by atoms with Crippen LogP contribution in [0, 0.1) is 0 Å². The molecule has 1 N–H and O–H groups in total. The smallest absolute Gasteiger partial charge is 0.228 e. The van der Waals surface area contributed by atoms with E-state index in [4.69, 9.17) is 9.57 Å². The molecule has 1 unspecified atom stereocenters. The average molecular weight is 391 g/mol. The number of nitrogens with one attached hydrogen (secondary N) is 1. The first-order valence-electron chi connectivity index (χ1n) is 9.53. The van der Waals surface area contributed by atoms with Crippen molar-refractivity contribution >= 4 is 28.9 Å². The Labute approximate surface area is 162 Å². The van der Waals surface area contributed by atoms with E-state index in [9.17, 15) is 9.59 Å². The molecule has 2 fully saturated rings. The highest BCUT2D eigenvalue weighted by molar-refractivity contribution is 7.10. The molecule has 27 heavy (non-hydrogen) atoms. The van der Waals surface area contributed by atoms with Gasteiger partial charge in [-0.3, -0.25) is 9.59 Å². The molecule has 1 atom stereocenters. The van der Waals surface area contributed by atoms with Crippen LogP contribution in [0.25, 0.3) is 0 Å². The van der Waals surface area contributed by atoms with Gasteiger partial charge in [0.25, 0.3) is 0 Å². The number of nitrogens with zero attached hydrogens (tertiary/aromatic N) is 2. The van der Waals surface area contributed by atoms with Gasteiger partial charge in [0.15, 0.2) is 0 Å². The number of carbonyl (C=O) groups excluding carboxylic acids is 2. The molecule has 0 radical (unpaired) electrons. The highest BCUT2D eigenvalue weighted by atomic mass is 32.1. The van der Waals surface area contributed by atoms with Crippen molar-refractivity contribution in [2.24, 2.45) is 5.16 Å². The molecule has 2 amide bonds. The summed E-state index contributed by atoms with van der Waals surface area (Å²) in [4.78, 5) is 33.2. The third-order valence-corrected chi connectivity index (χ3v) is 6.49. The van der Waals surface area contributed by atoms with Crippen LogP contribution in [0.2, 0.25) is 0 Å². The van der Waals surface area contributed by atoms with Gasteiger partial charge in [0.1, 0.15) is 6.61 Å². The first-order valence-corrected chi connectivity index (χ1v) is 10.4. The van der Waals surface area contributed by atoms with Gasteiger partial charge in [-0.25, -0.2) is 0 Å². The summed E-state index contributed by atoms with van der Waals surface area (Å²) in [6.45, 7) is 2.01. The van der Waals surface area contributed by atoms with Crippen LogP contribution >= 0.6 is 11.3 Å². The van der Waals surface area contributed by atoms with Gasteiger partial charge in [0.2, 0.25) is 11.8 Å². The molecule has 4 rings (SSSR count). The lowest BCUT2D eigenvalue weighted by Gasteiger charge is -2.54. The fourth-order valence-corrected chi connectivity index (χ4v) is 4.59. The Balaban J connectivity index is 1.33. The number of hydrogen-bond donors (Lipinski definition) is 1. The number of oxime groups is 1. The van der Waals surface area contributed by atoms with Crippen LogP contribution in [-0.4, -0.2) is 60.4 Å². The van der Waals surface area contributed by atoms with Crippen molar-refractivity contribution in [1.29, 1.82) is 0 Å². The molecule has 1 spiro atoms. The van der Waals surface area contributed by atoms with Crippen LogP contribution < -0.4 is 5.32 Å². The Bertz CT molecular complexity index is 715. The molecular weight excluding hydrogens is 366 g/mol. The van der Waals surface area contributed by atoms with E-state index in [1.165, 1.54) is 0 Å². The molecule has 7 nitrogen and oxygen atoms in total. The third-order valence-electron chi connectivity index (χ3n) is 5.62. The summed E-state index contributed by atoms with van der Waals surface area (Å²) >= 11 is 1.61. The van der Waals surface area contributed by atoms with E-state index < -0.39 is 0 Å². The number of amides is 2. The highest BCUT2D eigenvalue weighted by Gasteiger charge is 2.49. The average Bonchev–Trinajstić information content (AvgIpc) is 3.32. The van der Waals surface area contributed by atoms with Gasteiger partial charge >= 0.3 is 0 Å². The fraction of sp³-hybridized carbons (Fsp3) is 0.632. The van der Waals surface area contributed by atoms with Crippen LogP contribution in [0.4, 0.5) is 0 Å². The fourth-order valence-electron chi connectivity index (χ4n) is 3.89. The molecule has 1 aromatic heterocycles. The molecule has 1 saturated heterocycles. The number of hydrogen-bond acceptors (Lipinski definition) is 6. The van der Waals surface area contributed by atoms with Crippen molar-refractivity contribution < 1.29 is 19.2 Å². The van der Waals surface area contributed by atoms with Gasteiger partial charge in [-0.1, -0.05) is 11.2 Å². The zero-order chi connectivity index (χ0) is 18.7. The number of carbonyl (C=O) groups is 2. The summed E-state index contributed by atoms with van der Waals surface area (Å²) in [6.07, 6.45) is 4.29. The minimum absolute atomic E-state index is 0.0789. The number of morpholine rings is 1. The normalized spacial score (nSPS) is 23.5. The van der Waals surface area contributed by atoms with Gasteiger partial charge in [-0.15, -0.1) is 11.3 Å². The van der Waals surface area contributed by atoms with E-state index in [0.717, 1.165) is 36.3 Å². The topological polar surface area (TPSA) is 80.2 Å². The summed E-state index contributed by atoms with van der Waals surface area (Å²) in [5.41, 5.74) is 0.700. The standard InChI is InChI=1S/C19H25N3O4S/c23-17(20-11-14-4-7-26-21-14)9-15-12-22(19(13-25-15)5-2-6-19)18(24)10-16-3-1-8-27-16/h1,3,8,15H,2,4-7,9-13H2,(H,20,23). The van der Waals surface area contributed by atoms with E-state index in [2.05, 4.69) is 10.5 Å². The summed E-state index contributed by atoms with van der Waals surface area (Å²) in [5, 5.41) is 8.75. The summed E-state index contributed by atoms with van der Waals surface area (Å²) in [7, 11) is 0. The van der Waals surface area contributed by atoms with Crippen LogP contribution in [0.15, 0.2) is 22.7 Å². The Morgan fingerprint density at radius 1 is 1.41 bits per heavy atom. The van der Waals surface area contributed by atoms with Crippen molar-refractivity contribution in [2.75, 3.05) is 26.3 Å². The quantitative estimate of drug-likeness (QED) is 0.801. The zero-order valence-electron chi connectivity index (χ0n) is 15.3. The lowest BCUT2D eigenvalue weighted by Crippen LogP contribution is -2.65. The molecule has 3 heterocycles. The Morgan fingerprint density at radius 2 is 2.30 bits per heavy atom. The molecule has 8 heteroatoms. The van der Waals surface area contributed by atoms with Gasteiger partial charge in [0.05, 0.1) is 43.3 Å². The van der Waals surface area contributed by atoms with Crippen molar-refractivity contribution in [2.45, 2.75) is 50.2 Å². The molecule has 146 valence electrons. The molecular formula is C19H25N3O4S. The second-order valence-electron chi connectivity index (χ2n) is 7.49. The zero-order valence-corrected chi connectivity index (χ0v) is 16.1. The third kappa shape index (κ3) is 4.16. The summed E-state index contributed by atoms with van der Waals surface area (Å²) in [6, 6.07) is 3.97. The molecule has 0 bridgehead atoms.